The lowest BCUT2D eigenvalue weighted by atomic mass is 9.93. The highest BCUT2D eigenvalue weighted by molar-refractivity contribution is 5.96. The van der Waals surface area contributed by atoms with Gasteiger partial charge in [0.05, 0.1) is 11.8 Å². The molecule has 6 heteroatoms. The van der Waals surface area contributed by atoms with Crippen LogP contribution in [0.1, 0.15) is 31.0 Å². The van der Waals surface area contributed by atoms with E-state index in [4.69, 9.17) is 0 Å². The Morgan fingerprint density at radius 2 is 2.24 bits per heavy atom. The van der Waals surface area contributed by atoms with E-state index in [-0.39, 0.29) is 12.0 Å². The van der Waals surface area contributed by atoms with E-state index in [1.54, 1.807) is 11.9 Å². The SMILES string of the molecule is CCC(=O)N(C)c1ccc2cc(-c3n[nH]c4c3CC(O)CC4)[nH]c2c1. The Morgan fingerprint density at radius 1 is 1.40 bits per heavy atom. The number of carbonyl (C=O) groups excluding carboxylic acids is 1. The summed E-state index contributed by atoms with van der Waals surface area (Å²) >= 11 is 0. The number of nitrogens with one attached hydrogen (secondary N) is 2. The molecule has 2 heterocycles. The van der Waals surface area contributed by atoms with Gasteiger partial charge >= 0.3 is 0 Å². The first kappa shape index (κ1) is 15.9. The van der Waals surface area contributed by atoms with Gasteiger partial charge < -0.3 is 15.0 Å². The standard InChI is InChI=1S/C19H22N4O2/c1-3-18(25)23(2)12-5-4-11-8-17(20-16(11)9-12)19-14-10-13(24)6-7-15(14)21-22-19/h4-5,8-9,13,20,24H,3,6-7,10H2,1-2H3,(H,21,22). The van der Waals surface area contributed by atoms with Crippen LogP contribution in [0.2, 0.25) is 0 Å². The van der Waals surface area contributed by atoms with Crippen LogP contribution in [-0.4, -0.2) is 39.3 Å². The molecule has 3 N–H and O–H groups in total. The number of fused-ring (bicyclic) bond motifs is 2. The molecule has 1 aliphatic carbocycles. The number of amides is 1. The first-order valence-electron chi connectivity index (χ1n) is 8.70. The summed E-state index contributed by atoms with van der Waals surface area (Å²) in [5.74, 6) is 0.0847. The number of hydrogen-bond donors (Lipinski definition) is 3. The van der Waals surface area contributed by atoms with E-state index in [1.165, 1.54) is 0 Å². The average Bonchev–Trinajstić information content (AvgIpc) is 3.22. The molecule has 4 rings (SSSR count). The quantitative estimate of drug-likeness (QED) is 0.686. The lowest BCUT2D eigenvalue weighted by molar-refractivity contribution is -0.118. The number of aryl methyl sites for hydroxylation is 1. The number of aliphatic hydroxyl groups is 1. The Labute approximate surface area is 145 Å². The zero-order valence-electron chi connectivity index (χ0n) is 14.5. The third-order valence-corrected chi connectivity index (χ3v) is 5.05. The minimum atomic E-state index is -0.298. The highest BCUT2D eigenvalue weighted by atomic mass is 16.3. The molecule has 0 fully saturated rings. The van der Waals surface area contributed by atoms with Crippen molar-refractivity contribution in [3.05, 3.63) is 35.5 Å². The number of nitrogens with zero attached hydrogens (tertiary/aromatic N) is 2. The number of aromatic amines is 2. The van der Waals surface area contributed by atoms with Gasteiger partial charge in [-0.25, -0.2) is 0 Å². The second-order valence-corrected chi connectivity index (χ2v) is 6.69. The summed E-state index contributed by atoms with van der Waals surface area (Å²) in [4.78, 5) is 17.0. The number of aromatic nitrogens is 3. The van der Waals surface area contributed by atoms with E-state index in [0.29, 0.717) is 12.8 Å². The van der Waals surface area contributed by atoms with E-state index < -0.39 is 0 Å². The molecule has 25 heavy (non-hydrogen) atoms. The Balaban J connectivity index is 1.73. The Morgan fingerprint density at radius 3 is 3.04 bits per heavy atom. The molecule has 3 aromatic rings. The van der Waals surface area contributed by atoms with E-state index >= 15 is 0 Å². The molecule has 0 bridgehead atoms. The summed E-state index contributed by atoms with van der Waals surface area (Å²) in [6.45, 7) is 1.86. The average molecular weight is 338 g/mol. The normalized spacial score (nSPS) is 16.8. The van der Waals surface area contributed by atoms with Gasteiger partial charge in [-0.1, -0.05) is 13.0 Å². The van der Waals surface area contributed by atoms with Gasteiger partial charge in [0.25, 0.3) is 0 Å². The number of H-pyrrole nitrogens is 2. The van der Waals surface area contributed by atoms with Crippen LogP contribution < -0.4 is 4.90 Å². The number of hydrogen-bond acceptors (Lipinski definition) is 3. The smallest absolute Gasteiger partial charge is 0.226 e. The van der Waals surface area contributed by atoms with Crippen molar-refractivity contribution >= 4 is 22.5 Å². The Bertz CT molecular complexity index is 940. The minimum Gasteiger partial charge on any atom is -0.393 e. The maximum atomic E-state index is 11.9. The fourth-order valence-corrected chi connectivity index (χ4v) is 3.53. The lowest BCUT2D eigenvalue weighted by Crippen LogP contribution is -2.24. The van der Waals surface area contributed by atoms with E-state index in [9.17, 15) is 9.90 Å². The van der Waals surface area contributed by atoms with Gasteiger partial charge in [-0.05, 0) is 31.0 Å². The molecule has 1 aromatic carbocycles. The number of aliphatic hydroxyl groups excluding tert-OH is 1. The Kier molecular flexibility index (Phi) is 3.84. The summed E-state index contributed by atoms with van der Waals surface area (Å²) in [6, 6.07) is 8.02. The van der Waals surface area contributed by atoms with Crippen molar-refractivity contribution in [2.75, 3.05) is 11.9 Å². The van der Waals surface area contributed by atoms with Crippen LogP contribution in [0.15, 0.2) is 24.3 Å². The molecule has 1 unspecified atom stereocenters. The first-order chi connectivity index (χ1) is 12.1. The number of anilines is 1. The molecule has 0 saturated carbocycles. The zero-order valence-corrected chi connectivity index (χ0v) is 14.5. The molecule has 0 spiro atoms. The van der Waals surface area contributed by atoms with Gasteiger partial charge in [-0.3, -0.25) is 9.89 Å². The summed E-state index contributed by atoms with van der Waals surface area (Å²) in [6.07, 6.45) is 2.43. The van der Waals surface area contributed by atoms with Crippen molar-refractivity contribution in [3.8, 4) is 11.4 Å². The third kappa shape index (κ3) is 2.72. The lowest BCUT2D eigenvalue weighted by Gasteiger charge is -2.17. The van der Waals surface area contributed by atoms with E-state index in [0.717, 1.165) is 52.1 Å². The van der Waals surface area contributed by atoms with E-state index in [2.05, 4.69) is 21.2 Å². The van der Waals surface area contributed by atoms with Gasteiger partial charge in [0.1, 0.15) is 5.69 Å². The van der Waals surface area contributed by atoms with Crippen molar-refractivity contribution in [1.82, 2.24) is 15.2 Å². The molecule has 130 valence electrons. The highest BCUT2D eigenvalue weighted by Crippen LogP contribution is 2.32. The number of carbonyl (C=O) groups is 1. The largest absolute Gasteiger partial charge is 0.393 e. The van der Waals surface area contributed by atoms with Crippen LogP contribution in [0.4, 0.5) is 5.69 Å². The fourth-order valence-electron chi connectivity index (χ4n) is 3.53. The predicted octanol–water partition coefficient (Wildman–Crippen LogP) is 2.78. The molecule has 2 aromatic heterocycles. The molecule has 0 saturated heterocycles. The monoisotopic (exact) mass is 338 g/mol. The van der Waals surface area contributed by atoms with Crippen LogP contribution in [0.25, 0.3) is 22.3 Å². The van der Waals surface area contributed by atoms with Crippen molar-refractivity contribution in [2.45, 2.75) is 38.7 Å². The molecule has 0 radical (unpaired) electrons. The molecular weight excluding hydrogens is 316 g/mol. The van der Waals surface area contributed by atoms with Gasteiger partial charge in [0.15, 0.2) is 0 Å². The van der Waals surface area contributed by atoms with Crippen molar-refractivity contribution in [3.63, 3.8) is 0 Å². The zero-order chi connectivity index (χ0) is 17.6. The summed E-state index contributed by atoms with van der Waals surface area (Å²) in [5, 5.41) is 18.6. The third-order valence-electron chi connectivity index (χ3n) is 5.05. The first-order valence-corrected chi connectivity index (χ1v) is 8.70. The van der Waals surface area contributed by atoms with Crippen molar-refractivity contribution in [2.24, 2.45) is 0 Å². The molecule has 1 amide bonds. The van der Waals surface area contributed by atoms with Gasteiger partial charge in [0, 0.05) is 47.7 Å². The Hall–Kier alpha value is -2.60. The maximum absolute atomic E-state index is 11.9. The summed E-state index contributed by atoms with van der Waals surface area (Å²) in [7, 11) is 1.79. The molecule has 1 atom stereocenters. The maximum Gasteiger partial charge on any atom is 0.226 e. The van der Waals surface area contributed by atoms with Crippen LogP contribution in [0.3, 0.4) is 0 Å². The highest BCUT2D eigenvalue weighted by Gasteiger charge is 2.23. The second kappa shape index (κ2) is 6.04. The second-order valence-electron chi connectivity index (χ2n) is 6.69. The van der Waals surface area contributed by atoms with Crippen LogP contribution in [0, 0.1) is 0 Å². The molecule has 6 nitrogen and oxygen atoms in total. The number of rotatable bonds is 3. The molecule has 0 aliphatic heterocycles. The van der Waals surface area contributed by atoms with Gasteiger partial charge in [-0.2, -0.15) is 5.10 Å². The van der Waals surface area contributed by atoms with Crippen molar-refractivity contribution in [1.29, 1.82) is 0 Å². The fraction of sp³-hybridized carbons (Fsp3) is 0.368. The van der Waals surface area contributed by atoms with Crippen molar-refractivity contribution < 1.29 is 9.90 Å². The molecular formula is C19H22N4O2. The van der Waals surface area contributed by atoms with E-state index in [1.807, 2.05) is 25.1 Å². The topological polar surface area (TPSA) is 85.0 Å². The minimum absolute atomic E-state index is 0.0847. The summed E-state index contributed by atoms with van der Waals surface area (Å²) < 4.78 is 0. The predicted molar refractivity (Wildman–Crippen MR) is 97.6 cm³/mol. The van der Waals surface area contributed by atoms with Crippen LogP contribution in [-0.2, 0) is 17.6 Å². The van der Waals surface area contributed by atoms with Crippen LogP contribution in [0.5, 0.6) is 0 Å². The van der Waals surface area contributed by atoms with Crippen LogP contribution >= 0.6 is 0 Å². The molecule has 1 aliphatic rings. The van der Waals surface area contributed by atoms with Gasteiger partial charge in [0.2, 0.25) is 5.91 Å². The summed E-state index contributed by atoms with van der Waals surface area (Å²) in [5.41, 5.74) is 5.87. The number of benzene rings is 1. The van der Waals surface area contributed by atoms with Gasteiger partial charge in [-0.15, -0.1) is 0 Å².